The Labute approximate surface area is 115 Å². The van der Waals surface area contributed by atoms with Gasteiger partial charge >= 0.3 is 6.03 Å². The zero-order valence-electron chi connectivity index (χ0n) is 11.6. The van der Waals surface area contributed by atoms with Gasteiger partial charge < -0.3 is 15.3 Å². The van der Waals surface area contributed by atoms with E-state index in [4.69, 9.17) is 5.11 Å². The molecule has 1 rings (SSSR count). The van der Waals surface area contributed by atoms with Crippen molar-refractivity contribution in [3.05, 3.63) is 35.9 Å². The second-order valence-electron chi connectivity index (χ2n) is 4.57. The highest BCUT2D eigenvalue weighted by molar-refractivity contribution is 5.74. The van der Waals surface area contributed by atoms with E-state index in [-0.39, 0.29) is 12.6 Å². The molecular formula is C15H24N2O2. The van der Waals surface area contributed by atoms with Crippen LogP contribution in [0, 0.1) is 0 Å². The molecule has 0 saturated carbocycles. The van der Waals surface area contributed by atoms with Crippen LogP contribution in [0.15, 0.2) is 30.3 Å². The number of hydrogen-bond donors (Lipinski definition) is 2. The fourth-order valence-electron chi connectivity index (χ4n) is 1.87. The number of amides is 2. The van der Waals surface area contributed by atoms with Gasteiger partial charge in [0.15, 0.2) is 0 Å². The van der Waals surface area contributed by atoms with Crippen LogP contribution in [-0.4, -0.2) is 35.7 Å². The molecule has 0 atom stereocenters. The van der Waals surface area contributed by atoms with Gasteiger partial charge in [0.1, 0.15) is 0 Å². The number of carbonyl (C=O) groups excluding carboxylic acids is 1. The van der Waals surface area contributed by atoms with Crippen molar-refractivity contribution >= 4 is 6.03 Å². The van der Waals surface area contributed by atoms with E-state index >= 15 is 0 Å². The standard InChI is InChI=1S/C15H24N2O2/c1-2-11-17(13-14-8-4-3-5-9-14)15(19)16-10-6-7-12-18/h3-5,8-9,18H,2,6-7,10-13H2,1H3,(H,16,19). The molecule has 0 fully saturated rings. The number of hydrogen-bond acceptors (Lipinski definition) is 2. The fourth-order valence-corrected chi connectivity index (χ4v) is 1.87. The van der Waals surface area contributed by atoms with Crippen LogP contribution in [0.3, 0.4) is 0 Å². The summed E-state index contributed by atoms with van der Waals surface area (Å²) < 4.78 is 0. The van der Waals surface area contributed by atoms with Gasteiger partial charge in [-0.05, 0) is 24.8 Å². The summed E-state index contributed by atoms with van der Waals surface area (Å²) in [7, 11) is 0. The summed E-state index contributed by atoms with van der Waals surface area (Å²) in [5.74, 6) is 0. The second-order valence-corrected chi connectivity index (χ2v) is 4.57. The van der Waals surface area contributed by atoms with E-state index in [9.17, 15) is 4.79 Å². The van der Waals surface area contributed by atoms with Crippen molar-refractivity contribution in [1.29, 1.82) is 0 Å². The molecule has 0 aromatic heterocycles. The minimum Gasteiger partial charge on any atom is -0.396 e. The van der Waals surface area contributed by atoms with Crippen LogP contribution in [0.5, 0.6) is 0 Å². The number of nitrogens with zero attached hydrogens (tertiary/aromatic N) is 1. The number of benzene rings is 1. The lowest BCUT2D eigenvalue weighted by Gasteiger charge is -2.22. The lowest BCUT2D eigenvalue weighted by Crippen LogP contribution is -2.40. The molecule has 0 saturated heterocycles. The normalized spacial score (nSPS) is 10.2. The molecule has 0 heterocycles. The first-order chi connectivity index (χ1) is 9.27. The molecule has 1 aromatic rings. The Morgan fingerprint density at radius 3 is 2.63 bits per heavy atom. The largest absolute Gasteiger partial charge is 0.396 e. The number of carbonyl (C=O) groups is 1. The fraction of sp³-hybridized carbons (Fsp3) is 0.533. The molecule has 0 radical (unpaired) electrons. The lowest BCUT2D eigenvalue weighted by atomic mass is 10.2. The first-order valence-corrected chi connectivity index (χ1v) is 6.95. The van der Waals surface area contributed by atoms with Gasteiger partial charge in [-0.3, -0.25) is 0 Å². The molecule has 0 spiro atoms. The smallest absolute Gasteiger partial charge is 0.317 e. The third kappa shape index (κ3) is 6.25. The van der Waals surface area contributed by atoms with Crippen molar-refractivity contribution in [1.82, 2.24) is 10.2 Å². The average molecular weight is 264 g/mol. The van der Waals surface area contributed by atoms with Crippen LogP contribution in [-0.2, 0) is 6.54 Å². The molecule has 0 bridgehead atoms. The number of rotatable bonds is 8. The molecule has 2 amide bonds. The summed E-state index contributed by atoms with van der Waals surface area (Å²) in [6.07, 6.45) is 2.48. The maximum absolute atomic E-state index is 12.1. The van der Waals surface area contributed by atoms with Gasteiger partial charge in [0.25, 0.3) is 0 Å². The first kappa shape index (κ1) is 15.5. The SMILES string of the molecule is CCCN(Cc1ccccc1)C(=O)NCCCCO. The van der Waals surface area contributed by atoms with Gasteiger partial charge in [0, 0.05) is 26.2 Å². The molecule has 0 aliphatic rings. The Bertz CT molecular complexity index is 354. The molecule has 106 valence electrons. The van der Waals surface area contributed by atoms with Crippen molar-refractivity contribution in [3.8, 4) is 0 Å². The van der Waals surface area contributed by atoms with Crippen molar-refractivity contribution < 1.29 is 9.90 Å². The predicted molar refractivity (Wildman–Crippen MR) is 76.9 cm³/mol. The predicted octanol–water partition coefficient (Wildman–Crippen LogP) is 2.38. The summed E-state index contributed by atoms with van der Waals surface area (Å²) in [6, 6.07) is 9.98. The molecular weight excluding hydrogens is 240 g/mol. The Morgan fingerprint density at radius 1 is 1.26 bits per heavy atom. The van der Waals surface area contributed by atoms with E-state index in [1.54, 1.807) is 0 Å². The van der Waals surface area contributed by atoms with E-state index in [1.807, 2.05) is 35.2 Å². The maximum Gasteiger partial charge on any atom is 0.317 e. The van der Waals surface area contributed by atoms with Crippen molar-refractivity contribution in [2.45, 2.75) is 32.7 Å². The monoisotopic (exact) mass is 264 g/mol. The number of aliphatic hydroxyl groups excluding tert-OH is 1. The van der Waals surface area contributed by atoms with Gasteiger partial charge in [-0.2, -0.15) is 0 Å². The number of aliphatic hydroxyl groups is 1. The van der Waals surface area contributed by atoms with Crippen LogP contribution in [0.4, 0.5) is 4.79 Å². The molecule has 4 heteroatoms. The summed E-state index contributed by atoms with van der Waals surface area (Å²) in [5, 5.41) is 11.6. The minimum atomic E-state index is -0.0244. The first-order valence-electron chi connectivity index (χ1n) is 6.95. The summed E-state index contributed by atoms with van der Waals surface area (Å²) in [5.41, 5.74) is 1.14. The van der Waals surface area contributed by atoms with Crippen LogP contribution in [0.1, 0.15) is 31.7 Å². The Balaban J connectivity index is 2.44. The van der Waals surface area contributed by atoms with E-state index in [2.05, 4.69) is 12.2 Å². The maximum atomic E-state index is 12.1. The second kappa shape index (κ2) is 9.39. The van der Waals surface area contributed by atoms with Crippen molar-refractivity contribution in [2.75, 3.05) is 19.7 Å². The van der Waals surface area contributed by atoms with E-state index in [1.165, 1.54) is 0 Å². The highest BCUT2D eigenvalue weighted by atomic mass is 16.3. The topological polar surface area (TPSA) is 52.6 Å². The van der Waals surface area contributed by atoms with Crippen LogP contribution < -0.4 is 5.32 Å². The van der Waals surface area contributed by atoms with Gasteiger partial charge in [-0.1, -0.05) is 37.3 Å². The zero-order valence-corrected chi connectivity index (χ0v) is 11.6. The van der Waals surface area contributed by atoms with Gasteiger partial charge in [0.2, 0.25) is 0 Å². The van der Waals surface area contributed by atoms with Crippen LogP contribution in [0.2, 0.25) is 0 Å². The molecule has 2 N–H and O–H groups in total. The van der Waals surface area contributed by atoms with Crippen LogP contribution in [0.25, 0.3) is 0 Å². The summed E-state index contributed by atoms with van der Waals surface area (Å²) in [6.45, 7) is 4.26. The van der Waals surface area contributed by atoms with Gasteiger partial charge in [-0.25, -0.2) is 4.79 Å². The van der Waals surface area contributed by atoms with Crippen molar-refractivity contribution in [3.63, 3.8) is 0 Å². The molecule has 4 nitrogen and oxygen atoms in total. The van der Waals surface area contributed by atoms with Gasteiger partial charge in [0.05, 0.1) is 0 Å². The minimum absolute atomic E-state index is 0.0244. The molecule has 0 aliphatic heterocycles. The Hall–Kier alpha value is -1.55. The highest BCUT2D eigenvalue weighted by Crippen LogP contribution is 2.05. The van der Waals surface area contributed by atoms with E-state index in [0.29, 0.717) is 13.1 Å². The number of nitrogens with one attached hydrogen (secondary N) is 1. The zero-order chi connectivity index (χ0) is 13.9. The quantitative estimate of drug-likeness (QED) is 0.708. The number of urea groups is 1. The third-order valence-electron chi connectivity index (χ3n) is 2.86. The summed E-state index contributed by atoms with van der Waals surface area (Å²) in [4.78, 5) is 13.9. The molecule has 0 unspecified atom stereocenters. The third-order valence-corrected chi connectivity index (χ3v) is 2.86. The van der Waals surface area contributed by atoms with Gasteiger partial charge in [-0.15, -0.1) is 0 Å². The van der Waals surface area contributed by atoms with E-state index < -0.39 is 0 Å². The molecule has 1 aromatic carbocycles. The van der Waals surface area contributed by atoms with Crippen LogP contribution >= 0.6 is 0 Å². The Morgan fingerprint density at radius 2 is 2.00 bits per heavy atom. The lowest BCUT2D eigenvalue weighted by molar-refractivity contribution is 0.194. The average Bonchev–Trinajstić information content (AvgIpc) is 2.44. The number of unbranched alkanes of at least 4 members (excludes halogenated alkanes) is 1. The highest BCUT2D eigenvalue weighted by Gasteiger charge is 2.11. The molecule has 0 aliphatic carbocycles. The van der Waals surface area contributed by atoms with E-state index in [0.717, 1.165) is 31.4 Å². The molecule has 19 heavy (non-hydrogen) atoms. The summed E-state index contributed by atoms with van der Waals surface area (Å²) >= 11 is 0. The Kier molecular flexibility index (Phi) is 7.66. The van der Waals surface area contributed by atoms with Crippen molar-refractivity contribution in [2.24, 2.45) is 0 Å².